The van der Waals surface area contributed by atoms with Gasteiger partial charge in [0, 0.05) is 6.92 Å². The molecular weight excluding hydrogens is 2570 g/mol. The maximum atomic E-state index is 9.82. The quantitative estimate of drug-likeness (QED) is 0.193. The molecule has 0 saturated carbocycles. The van der Waals surface area contributed by atoms with E-state index in [1.165, 1.54) is 6.92 Å². The molecule has 0 aliphatic rings. The molecule has 0 bridgehead atoms. The second kappa shape index (κ2) is 511. The SMILES string of the molecule is CCOC(C)=O.ClCCl.ClCCl.ClCCl.ClCCl.ClCCl.ClCCl.ClCCl.ClCCl.ClCCl.ClCCl.ClCCl.ClCCl.ClCCl.ClCCl.ClCCl.ClCCl.ClCCl.ClCCl.ClCCl.ClCCl.ClCCl.ClCCl.ClCCl.ClCCl.ClCCl.ClCCl.ClCCl.ClCCl.ClCCl.ClCCl. The summed E-state index contributed by atoms with van der Waals surface area (Å²) in [6.07, 6.45) is 0. The number of rotatable bonds is 1. The van der Waals surface area contributed by atoms with Crippen molar-refractivity contribution in [3.8, 4) is 0 Å². The van der Waals surface area contributed by atoms with Crippen molar-refractivity contribution >= 4 is 702 Å². The summed E-state index contributed by atoms with van der Waals surface area (Å²) in [5, 5.41) is 5.83. The van der Waals surface area contributed by atoms with Crippen LogP contribution < -0.4 is 0 Å². The zero-order chi connectivity index (χ0) is 86.2. The Morgan fingerprint density at radius 2 is 0.177 bits per heavy atom. The Bertz CT molecular complexity index is 350. The molecule has 0 unspecified atom stereocenters. The van der Waals surface area contributed by atoms with Gasteiger partial charge < -0.3 is 4.74 Å². The molecule has 0 amide bonds. The number of hydrogen-bond acceptors (Lipinski definition) is 2. The number of carbonyl (C=O) groups is 1. The number of carbonyl (C=O) groups excluding carboxylic acids is 1. The van der Waals surface area contributed by atoms with Crippen LogP contribution in [0.4, 0.5) is 0 Å². The summed E-state index contributed by atoms with van der Waals surface area (Å²) >= 11 is 286. The Hall–Kier alpha value is 16.9. The van der Waals surface area contributed by atoms with Crippen LogP contribution >= 0.6 is 696 Å². The van der Waals surface area contributed by atoms with Gasteiger partial charge in [-0.05, 0) is 6.92 Å². The maximum absolute atomic E-state index is 9.82. The standard InChI is InChI=1S/C4H8O2.30CH2Cl2/c1-3-6-4(2)5;30*2-1-3/h3H2,1-2H3;30*1H2. The lowest BCUT2D eigenvalue weighted by atomic mass is 10.8. The van der Waals surface area contributed by atoms with Crippen molar-refractivity contribution in [3.63, 3.8) is 0 Å². The number of halogens is 60. The lowest BCUT2D eigenvalue weighted by Crippen LogP contribution is -1.95. The molecule has 96 heavy (non-hydrogen) atoms. The van der Waals surface area contributed by atoms with Crippen molar-refractivity contribution in [2.45, 2.75) is 13.8 Å². The first-order valence-electron chi connectivity index (χ1n) is 17.9. The first kappa shape index (κ1) is 211. The molecule has 2 nitrogen and oxygen atoms in total. The van der Waals surface area contributed by atoms with Crippen molar-refractivity contribution < 1.29 is 9.53 Å². The van der Waals surface area contributed by atoms with Gasteiger partial charge in [0.2, 0.25) is 0 Å². The van der Waals surface area contributed by atoms with E-state index in [0.29, 0.717) is 6.61 Å². The molecule has 0 N–H and O–H groups in total. The Morgan fingerprint density at radius 3 is 0.177 bits per heavy atom. The molecule has 0 rings (SSSR count). The van der Waals surface area contributed by atoms with E-state index in [0.717, 1.165) is 0 Å². The molecule has 0 aromatic heterocycles. The van der Waals surface area contributed by atoms with Crippen LogP contribution in [0.5, 0.6) is 0 Å². The van der Waals surface area contributed by atoms with Gasteiger partial charge in [0.1, 0.15) is 0 Å². The number of alkyl halides is 60. The largest absolute Gasteiger partial charge is 0.466 e. The molecule has 0 saturated heterocycles. The zero-order valence-electron chi connectivity index (χ0n) is 47.9. The van der Waals surface area contributed by atoms with Gasteiger partial charge in [0.25, 0.3) is 0 Å². The van der Waals surface area contributed by atoms with Gasteiger partial charge in [0.15, 0.2) is 0 Å². The third-order valence-corrected chi connectivity index (χ3v) is 0.348. The summed E-state index contributed by atoms with van der Waals surface area (Å²) in [6, 6.07) is 0. The second-order valence-electron chi connectivity index (χ2n) is 3.96. The molecule has 0 radical (unpaired) electrons. The van der Waals surface area contributed by atoms with Crippen LogP contribution in [0.15, 0.2) is 0 Å². The summed E-state index contributed by atoms with van der Waals surface area (Å²) in [5.41, 5.74) is 0. The Labute approximate surface area is 876 Å². The number of esters is 1. The average Bonchev–Trinajstić information content (AvgIpc) is 3.46. The highest BCUT2D eigenvalue weighted by Gasteiger charge is 1.81. The highest BCUT2D eigenvalue weighted by molar-refractivity contribution is 6.48. The highest BCUT2D eigenvalue weighted by Crippen LogP contribution is 1.82. The monoisotopic (exact) mass is 2610 g/mol. The fraction of sp³-hybridized carbons (Fsp3) is 0.971. The van der Waals surface area contributed by atoms with E-state index in [2.05, 4.69) is 4.74 Å². The molecule has 0 aliphatic carbocycles. The van der Waals surface area contributed by atoms with Gasteiger partial charge in [-0.3, -0.25) is 4.79 Å². The Kier molecular flexibility index (Phi) is 1120. The van der Waals surface area contributed by atoms with Gasteiger partial charge in [-0.2, -0.15) is 0 Å². The van der Waals surface area contributed by atoms with Crippen LogP contribution in [0.3, 0.4) is 0 Å². The van der Waals surface area contributed by atoms with Crippen molar-refractivity contribution in [1.29, 1.82) is 0 Å². The first-order valence-corrected chi connectivity index (χ1v) is 50.0. The zero-order valence-corrected chi connectivity index (χ0v) is 93.3. The average molecular weight is 2640 g/mol. The predicted molar refractivity (Wildman–Crippen MR) is 519 cm³/mol. The van der Waals surface area contributed by atoms with Crippen LogP contribution in [0.1, 0.15) is 13.8 Å². The lowest BCUT2D eigenvalue weighted by Gasteiger charge is -1.89. The van der Waals surface area contributed by atoms with Gasteiger partial charge in [0.05, 0.1) is 167 Å². The van der Waals surface area contributed by atoms with E-state index < -0.39 is 0 Å². The number of hydrogen-bond donors (Lipinski definition) is 0. The molecule has 0 atom stereocenters. The summed E-state index contributed by atoms with van der Waals surface area (Å²) in [6.45, 7) is 3.65. The molecule has 0 aromatic rings. The third-order valence-electron chi connectivity index (χ3n) is 0.348. The van der Waals surface area contributed by atoms with Gasteiger partial charge >= 0.3 is 5.97 Å². The topological polar surface area (TPSA) is 26.3 Å². The van der Waals surface area contributed by atoms with Crippen LogP contribution in [0, 0.1) is 0 Å². The fourth-order valence-electron chi connectivity index (χ4n) is 0.203. The predicted octanol–water partition coefficient (Wildman–Crippen LogP) is 43.2. The van der Waals surface area contributed by atoms with Crippen LogP contribution in [-0.2, 0) is 9.53 Å². The summed E-state index contributed by atoms with van der Waals surface area (Å²) < 4.78 is 4.40. The molecule has 0 aliphatic heterocycles. The van der Waals surface area contributed by atoms with Crippen molar-refractivity contribution in [1.82, 2.24) is 0 Å². The highest BCUT2D eigenvalue weighted by atomic mass is 35.6. The van der Waals surface area contributed by atoms with E-state index >= 15 is 0 Å². The minimum Gasteiger partial charge on any atom is -0.466 e. The van der Waals surface area contributed by atoms with Crippen LogP contribution in [0.25, 0.3) is 0 Å². The van der Waals surface area contributed by atoms with Crippen molar-refractivity contribution in [2.24, 2.45) is 0 Å². The van der Waals surface area contributed by atoms with E-state index in [9.17, 15) is 4.79 Å². The summed E-state index contributed by atoms with van der Waals surface area (Å²) in [4.78, 5) is 9.82. The normalized spacial score (nSPS) is 6.10. The summed E-state index contributed by atoms with van der Waals surface area (Å²) in [5.74, 6) is -0.211. The molecular formula is C34H68Cl60O2. The van der Waals surface area contributed by atoms with E-state index in [1.54, 1.807) is 6.92 Å². The molecule has 0 spiro atoms. The molecule has 62 heteroatoms. The lowest BCUT2D eigenvalue weighted by molar-refractivity contribution is -0.140. The molecule has 0 heterocycles. The minimum atomic E-state index is -0.211. The minimum absolute atomic E-state index is 0.194. The molecule has 0 aromatic carbocycles. The van der Waals surface area contributed by atoms with Gasteiger partial charge in [-0.15, -0.1) is 696 Å². The molecule has 636 valence electrons. The first-order chi connectivity index (χ1) is 45.2. The maximum Gasteiger partial charge on any atom is 0.302 e. The van der Waals surface area contributed by atoms with Crippen molar-refractivity contribution in [2.75, 3.05) is 167 Å². The fourth-order valence-corrected chi connectivity index (χ4v) is 0.203. The van der Waals surface area contributed by atoms with Crippen LogP contribution in [0.2, 0.25) is 0 Å². The van der Waals surface area contributed by atoms with Gasteiger partial charge in [-0.1, -0.05) is 0 Å². The summed E-state index contributed by atoms with van der Waals surface area (Å²) in [7, 11) is 0. The van der Waals surface area contributed by atoms with E-state index in [4.69, 9.17) is 696 Å². The smallest absolute Gasteiger partial charge is 0.302 e. The Balaban J connectivity index is -0.0000000157. The molecule has 0 fully saturated rings. The van der Waals surface area contributed by atoms with E-state index in [1.807, 2.05) is 0 Å². The van der Waals surface area contributed by atoms with Crippen LogP contribution in [-0.4, -0.2) is 173 Å². The Morgan fingerprint density at radius 1 is 0.146 bits per heavy atom. The van der Waals surface area contributed by atoms with Crippen molar-refractivity contribution in [3.05, 3.63) is 0 Å². The van der Waals surface area contributed by atoms with Gasteiger partial charge in [-0.25, -0.2) is 0 Å². The van der Waals surface area contributed by atoms with E-state index in [-0.39, 0.29) is 166 Å². The number of ether oxygens (including phenoxy) is 1. The second-order valence-corrected chi connectivity index (χ2v) is 28.2. The third kappa shape index (κ3) is 3390.